The van der Waals surface area contributed by atoms with Gasteiger partial charge < -0.3 is 5.32 Å². The Morgan fingerprint density at radius 1 is 1.30 bits per heavy atom. The van der Waals surface area contributed by atoms with Crippen LogP contribution in [0.4, 0.5) is 0 Å². The zero-order valence-corrected chi connectivity index (χ0v) is 14.5. The predicted molar refractivity (Wildman–Crippen MR) is 86.6 cm³/mol. The Kier molecular flexibility index (Phi) is 5.90. The second kappa shape index (κ2) is 6.65. The lowest BCUT2D eigenvalue weighted by atomic mass is 9.95. The molecule has 0 aliphatic heterocycles. The van der Waals surface area contributed by atoms with Gasteiger partial charge in [0.2, 0.25) is 0 Å². The van der Waals surface area contributed by atoms with Crippen LogP contribution in [-0.2, 0) is 16.3 Å². The van der Waals surface area contributed by atoms with E-state index in [4.69, 9.17) is 23.2 Å². The molecule has 0 radical (unpaired) electrons. The van der Waals surface area contributed by atoms with Crippen LogP contribution in [0, 0.1) is 0 Å². The summed E-state index contributed by atoms with van der Waals surface area (Å²) in [6, 6.07) is 5.06. The Bertz CT molecular complexity index is 571. The summed E-state index contributed by atoms with van der Waals surface area (Å²) in [4.78, 5) is 0. The molecule has 0 aliphatic rings. The Labute approximate surface area is 131 Å². The zero-order chi connectivity index (χ0) is 15.6. The van der Waals surface area contributed by atoms with Gasteiger partial charge in [-0.3, -0.25) is 0 Å². The van der Waals surface area contributed by atoms with Gasteiger partial charge >= 0.3 is 0 Å². The summed E-state index contributed by atoms with van der Waals surface area (Å²) in [6.45, 7) is 6.11. The number of rotatable bonds is 6. The lowest BCUT2D eigenvalue weighted by Gasteiger charge is -2.33. The van der Waals surface area contributed by atoms with E-state index in [-0.39, 0.29) is 6.04 Å². The van der Waals surface area contributed by atoms with E-state index in [9.17, 15) is 8.42 Å². The highest BCUT2D eigenvalue weighted by atomic mass is 35.5. The summed E-state index contributed by atoms with van der Waals surface area (Å²) in [5.74, 6) is 0. The van der Waals surface area contributed by atoms with Crippen molar-refractivity contribution >= 4 is 33.0 Å². The molecule has 114 valence electrons. The third kappa shape index (κ3) is 4.10. The highest BCUT2D eigenvalue weighted by molar-refractivity contribution is 7.92. The second-order valence-electron chi connectivity index (χ2n) is 5.43. The van der Waals surface area contributed by atoms with Crippen molar-refractivity contribution in [3.8, 4) is 0 Å². The maximum Gasteiger partial charge on any atom is 0.154 e. The minimum absolute atomic E-state index is 0.221. The van der Waals surface area contributed by atoms with Crippen LogP contribution in [0.2, 0.25) is 10.0 Å². The molecule has 0 fully saturated rings. The molecule has 0 bridgehead atoms. The van der Waals surface area contributed by atoms with Crippen LogP contribution in [-0.4, -0.2) is 32.0 Å². The molecule has 1 atom stereocenters. The second-order valence-corrected chi connectivity index (χ2v) is 8.87. The summed E-state index contributed by atoms with van der Waals surface area (Å²) < 4.78 is 23.1. The van der Waals surface area contributed by atoms with Crippen LogP contribution in [0.1, 0.15) is 26.3 Å². The van der Waals surface area contributed by atoms with E-state index in [0.29, 0.717) is 23.0 Å². The van der Waals surface area contributed by atoms with Gasteiger partial charge in [-0.1, -0.05) is 36.2 Å². The van der Waals surface area contributed by atoms with Crippen LogP contribution in [0.25, 0.3) is 0 Å². The quantitative estimate of drug-likeness (QED) is 0.865. The van der Waals surface area contributed by atoms with Gasteiger partial charge in [0, 0.05) is 22.3 Å². The molecule has 0 saturated heterocycles. The fraction of sp³-hybridized carbons (Fsp3) is 0.571. The van der Waals surface area contributed by atoms with Crippen LogP contribution < -0.4 is 5.32 Å². The normalized spacial score (nSPS) is 14.3. The van der Waals surface area contributed by atoms with E-state index in [0.717, 1.165) is 5.56 Å². The Hall–Kier alpha value is -0.290. The number of sulfone groups is 1. The topological polar surface area (TPSA) is 46.2 Å². The van der Waals surface area contributed by atoms with Crippen molar-refractivity contribution in [2.24, 2.45) is 0 Å². The van der Waals surface area contributed by atoms with E-state index in [1.165, 1.54) is 6.26 Å². The lowest BCUT2D eigenvalue weighted by molar-refractivity contribution is 0.413. The highest BCUT2D eigenvalue weighted by Gasteiger charge is 2.38. The molecule has 20 heavy (non-hydrogen) atoms. The molecule has 1 N–H and O–H groups in total. The van der Waals surface area contributed by atoms with Gasteiger partial charge in [-0.05, 0) is 44.5 Å². The minimum Gasteiger partial charge on any atom is -0.312 e. The first-order chi connectivity index (χ1) is 9.09. The van der Waals surface area contributed by atoms with Crippen LogP contribution in [0.3, 0.4) is 0 Å². The van der Waals surface area contributed by atoms with E-state index < -0.39 is 14.6 Å². The van der Waals surface area contributed by atoms with E-state index in [1.54, 1.807) is 26.0 Å². The Balaban J connectivity index is 3.10. The predicted octanol–water partition coefficient (Wildman–Crippen LogP) is 3.34. The molecule has 1 aromatic rings. The molecule has 1 unspecified atom stereocenters. The van der Waals surface area contributed by atoms with Crippen molar-refractivity contribution in [2.75, 3.05) is 12.8 Å². The molecule has 6 heteroatoms. The van der Waals surface area contributed by atoms with Crippen LogP contribution in [0.15, 0.2) is 18.2 Å². The fourth-order valence-electron chi connectivity index (χ4n) is 1.98. The SMILES string of the molecule is CCNC(Cc1ccc(Cl)cc1Cl)C(C)(C)S(C)(=O)=O. The molecule has 0 aliphatic carbocycles. The summed E-state index contributed by atoms with van der Waals surface area (Å²) in [6.07, 6.45) is 1.80. The third-order valence-corrected chi connectivity index (χ3v) is 6.47. The van der Waals surface area contributed by atoms with Gasteiger partial charge in [0.25, 0.3) is 0 Å². The fourth-order valence-corrected chi connectivity index (χ4v) is 3.14. The van der Waals surface area contributed by atoms with Gasteiger partial charge in [-0.15, -0.1) is 0 Å². The van der Waals surface area contributed by atoms with Gasteiger partial charge in [-0.25, -0.2) is 8.42 Å². The average molecular weight is 338 g/mol. The first-order valence-electron chi connectivity index (χ1n) is 6.46. The Morgan fingerprint density at radius 3 is 2.35 bits per heavy atom. The van der Waals surface area contributed by atoms with E-state index in [1.807, 2.05) is 13.0 Å². The molecular weight excluding hydrogens is 317 g/mol. The number of hydrogen-bond donors (Lipinski definition) is 1. The summed E-state index contributed by atoms with van der Waals surface area (Å²) in [5, 5.41) is 4.38. The van der Waals surface area contributed by atoms with Crippen molar-refractivity contribution in [3.05, 3.63) is 33.8 Å². The maximum absolute atomic E-state index is 12.0. The zero-order valence-electron chi connectivity index (χ0n) is 12.2. The maximum atomic E-state index is 12.0. The highest BCUT2D eigenvalue weighted by Crippen LogP contribution is 2.27. The van der Waals surface area contributed by atoms with Gasteiger partial charge in [-0.2, -0.15) is 0 Å². The Morgan fingerprint density at radius 2 is 1.90 bits per heavy atom. The van der Waals surface area contributed by atoms with Crippen molar-refractivity contribution in [2.45, 2.75) is 38.0 Å². The molecule has 0 amide bonds. The number of hydrogen-bond acceptors (Lipinski definition) is 3. The van der Waals surface area contributed by atoms with Crippen LogP contribution >= 0.6 is 23.2 Å². The first-order valence-corrected chi connectivity index (χ1v) is 9.11. The number of halogens is 2. The molecule has 0 aromatic heterocycles. The van der Waals surface area contributed by atoms with Crippen molar-refractivity contribution in [1.29, 1.82) is 0 Å². The molecule has 3 nitrogen and oxygen atoms in total. The van der Waals surface area contributed by atoms with E-state index in [2.05, 4.69) is 5.32 Å². The van der Waals surface area contributed by atoms with Crippen molar-refractivity contribution in [3.63, 3.8) is 0 Å². The number of benzene rings is 1. The van der Waals surface area contributed by atoms with Crippen molar-refractivity contribution in [1.82, 2.24) is 5.32 Å². The van der Waals surface area contributed by atoms with Gasteiger partial charge in [0.05, 0.1) is 4.75 Å². The minimum atomic E-state index is -3.20. The van der Waals surface area contributed by atoms with Crippen LogP contribution in [0.5, 0.6) is 0 Å². The third-order valence-electron chi connectivity index (χ3n) is 3.68. The number of nitrogens with one attached hydrogen (secondary N) is 1. The molecule has 0 spiro atoms. The van der Waals surface area contributed by atoms with E-state index >= 15 is 0 Å². The molecule has 0 saturated carbocycles. The monoisotopic (exact) mass is 337 g/mol. The summed E-state index contributed by atoms with van der Waals surface area (Å²) in [5.41, 5.74) is 0.888. The first kappa shape index (κ1) is 17.8. The average Bonchev–Trinajstić information content (AvgIpc) is 2.30. The molecule has 0 heterocycles. The lowest BCUT2D eigenvalue weighted by Crippen LogP contribution is -2.52. The van der Waals surface area contributed by atoms with Gasteiger partial charge in [0.15, 0.2) is 9.84 Å². The largest absolute Gasteiger partial charge is 0.312 e. The standard InChI is InChI=1S/C14H21Cl2NO2S/c1-5-17-13(14(2,3)20(4,18)19)8-10-6-7-11(15)9-12(10)16/h6-7,9,13,17H,5,8H2,1-4H3. The summed E-state index contributed by atoms with van der Waals surface area (Å²) in [7, 11) is -3.20. The molecule has 1 rings (SSSR count). The van der Waals surface area contributed by atoms with Crippen molar-refractivity contribution < 1.29 is 8.42 Å². The van der Waals surface area contributed by atoms with Gasteiger partial charge in [0.1, 0.15) is 0 Å². The number of likely N-dealkylation sites (N-methyl/N-ethyl adjacent to an activating group) is 1. The molecule has 1 aromatic carbocycles. The molecular formula is C14H21Cl2NO2S. The smallest absolute Gasteiger partial charge is 0.154 e. The summed E-state index contributed by atoms with van der Waals surface area (Å²) >= 11 is 12.1.